The minimum absolute atomic E-state index is 0.00885. The molecule has 2 aromatic carbocycles. The summed E-state index contributed by atoms with van der Waals surface area (Å²) in [7, 11) is 3.68. The first-order valence-corrected chi connectivity index (χ1v) is 13.5. The number of likely N-dealkylation sites (N-methyl/N-ethyl adjacent to an activating group) is 1. The van der Waals surface area contributed by atoms with Crippen LogP contribution in [0.5, 0.6) is 17.2 Å². The van der Waals surface area contributed by atoms with Gasteiger partial charge in [0.25, 0.3) is 0 Å². The van der Waals surface area contributed by atoms with Gasteiger partial charge in [0.05, 0.1) is 29.4 Å². The highest BCUT2D eigenvalue weighted by Gasteiger charge is 2.24. The summed E-state index contributed by atoms with van der Waals surface area (Å²) in [5, 5.41) is 18.4. The fourth-order valence-electron chi connectivity index (χ4n) is 4.46. The first-order valence-electron chi connectivity index (χ1n) is 13.1. The summed E-state index contributed by atoms with van der Waals surface area (Å²) in [5.74, 6) is 2.45. The maximum Gasteiger partial charge on any atom is 0.163 e. The lowest BCUT2D eigenvalue weighted by molar-refractivity contribution is 0.119. The number of phenolic OH excluding ortho intramolecular Hbond substituents is 1. The Kier molecular flexibility index (Phi) is 9.48. The third kappa shape index (κ3) is 6.91. The number of piperidine rings is 1. The molecule has 39 heavy (non-hydrogen) atoms. The lowest BCUT2D eigenvalue weighted by Crippen LogP contribution is -2.37. The SMILES string of the molecule is C=C(O/N=C(/COc1cc2ncnc(Nc3ccc(O)c(Cl)c3)c2cc1OC)C(C)CC)C1CCCCN1C. The number of nitrogens with zero attached hydrogens (tertiary/aromatic N) is 4. The fourth-order valence-corrected chi connectivity index (χ4v) is 4.64. The van der Waals surface area contributed by atoms with Crippen LogP contribution < -0.4 is 14.8 Å². The fraction of sp³-hybridized carbons (Fsp3) is 0.414. The Morgan fingerprint density at radius 2 is 2.08 bits per heavy atom. The summed E-state index contributed by atoms with van der Waals surface area (Å²) >= 11 is 6.06. The van der Waals surface area contributed by atoms with Crippen molar-refractivity contribution in [2.24, 2.45) is 11.1 Å². The summed E-state index contributed by atoms with van der Waals surface area (Å²) in [6, 6.07) is 8.66. The number of phenols is 1. The number of hydrogen-bond acceptors (Lipinski definition) is 9. The second-order valence-corrected chi connectivity index (χ2v) is 10.2. The first kappa shape index (κ1) is 28.4. The van der Waals surface area contributed by atoms with Crippen molar-refractivity contribution in [2.75, 3.05) is 32.6 Å². The average Bonchev–Trinajstić information content (AvgIpc) is 2.94. The van der Waals surface area contributed by atoms with Crippen LogP contribution in [0.15, 0.2) is 54.2 Å². The van der Waals surface area contributed by atoms with Gasteiger partial charge in [0.2, 0.25) is 0 Å². The Hall–Kier alpha value is -3.56. The number of methoxy groups -OCH3 is 1. The van der Waals surface area contributed by atoms with Crippen LogP contribution in [0.2, 0.25) is 5.02 Å². The number of aromatic nitrogens is 2. The van der Waals surface area contributed by atoms with Gasteiger partial charge in [-0.15, -0.1) is 0 Å². The molecule has 9 nitrogen and oxygen atoms in total. The van der Waals surface area contributed by atoms with E-state index in [1.54, 1.807) is 19.2 Å². The van der Waals surface area contributed by atoms with E-state index in [2.05, 4.69) is 52.8 Å². The van der Waals surface area contributed by atoms with Gasteiger partial charge in [0.1, 0.15) is 30.3 Å². The summed E-state index contributed by atoms with van der Waals surface area (Å²) in [5.41, 5.74) is 2.13. The van der Waals surface area contributed by atoms with Crippen LogP contribution in [0.1, 0.15) is 39.5 Å². The van der Waals surface area contributed by atoms with Crippen LogP contribution in [0, 0.1) is 5.92 Å². The molecule has 0 spiro atoms. The van der Waals surface area contributed by atoms with Crippen molar-refractivity contribution in [3.8, 4) is 17.2 Å². The van der Waals surface area contributed by atoms with Crippen molar-refractivity contribution in [1.29, 1.82) is 0 Å². The number of likely N-dealkylation sites (tertiary alicyclic amines) is 1. The van der Waals surface area contributed by atoms with Gasteiger partial charge < -0.3 is 24.7 Å². The number of halogens is 1. The lowest BCUT2D eigenvalue weighted by atomic mass is 10.0. The van der Waals surface area contributed by atoms with Crippen LogP contribution in [-0.2, 0) is 4.84 Å². The monoisotopic (exact) mass is 553 g/mol. The third-order valence-corrected chi connectivity index (χ3v) is 7.41. The topological polar surface area (TPSA) is 101 Å². The van der Waals surface area contributed by atoms with E-state index >= 15 is 0 Å². The second kappa shape index (κ2) is 13.0. The molecule has 0 saturated carbocycles. The van der Waals surface area contributed by atoms with Crippen LogP contribution in [0.3, 0.4) is 0 Å². The highest BCUT2D eigenvalue weighted by molar-refractivity contribution is 6.32. The smallest absolute Gasteiger partial charge is 0.163 e. The van der Waals surface area contributed by atoms with Gasteiger partial charge in [-0.2, -0.15) is 0 Å². The van der Waals surface area contributed by atoms with E-state index in [1.807, 2.05) is 12.1 Å². The van der Waals surface area contributed by atoms with Gasteiger partial charge in [-0.1, -0.05) is 43.6 Å². The van der Waals surface area contributed by atoms with Gasteiger partial charge in [0, 0.05) is 23.1 Å². The van der Waals surface area contributed by atoms with Crippen molar-refractivity contribution in [1.82, 2.24) is 14.9 Å². The van der Waals surface area contributed by atoms with Gasteiger partial charge in [-0.3, -0.25) is 4.90 Å². The molecule has 3 aromatic rings. The van der Waals surface area contributed by atoms with Gasteiger partial charge >= 0.3 is 0 Å². The van der Waals surface area contributed by atoms with Crippen LogP contribution in [-0.4, -0.2) is 59.0 Å². The summed E-state index contributed by atoms with van der Waals surface area (Å²) in [6.07, 6.45) is 5.73. The molecule has 0 radical (unpaired) electrons. The Balaban J connectivity index is 1.53. The minimum Gasteiger partial charge on any atom is -0.506 e. The molecule has 2 atom stereocenters. The zero-order chi connectivity index (χ0) is 27.9. The standard InChI is InChI=1S/C29H36ClN5O4/c1-6-18(2)24(34-39-19(3)25-9-7-8-12-35(25)4)16-38-28-15-23-21(14-27(28)37-5)29(32-17-31-23)33-20-10-11-26(36)22(30)13-20/h10-11,13-15,17-18,25,36H,3,6-9,12,16H2,1-2,4-5H3,(H,31,32,33)/b34-24-. The maximum atomic E-state index is 9.71. The molecule has 10 heteroatoms. The van der Waals surface area contributed by atoms with E-state index < -0.39 is 0 Å². The zero-order valence-corrected chi connectivity index (χ0v) is 23.7. The van der Waals surface area contributed by atoms with Gasteiger partial charge in [0.15, 0.2) is 11.5 Å². The molecule has 1 aliphatic heterocycles. The first-order chi connectivity index (χ1) is 18.8. The molecule has 1 saturated heterocycles. The molecular formula is C29H36ClN5O4. The second-order valence-electron chi connectivity index (χ2n) is 9.76. The predicted octanol–water partition coefficient (Wildman–Crippen LogP) is 6.54. The molecule has 4 rings (SSSR count). The number of benzene rings is 2. The van der Waals surface area contributed by atoms with Crippen LogP contribution in [0.4, 0.5) is 11.5 Å². The molecule has 208 valence electrons. The number of nitrogens with one attached hydrogen (secondary N) is 1. The van der Waals surface area contributed by atoms with Crippen molar-refractivity contribution >= 4 is 39.7 Å². The molecule has 1 fully saturated rings. The zero-order valence-electron chi connectivity index (χ0n) is 22.9. The molecule has 0 bridgehead atoms. The highest BCUT2D eigenvalue weighted by atomic mass is 35.5. The van der Waals surface area contributed by atoms with Crippen molar-refractivity contribution in [3.05, 3.63) is 54.0 Å². The summed E-state index contributed by atoms with van der Waals surface area (Å²) in [4.78, 5) is 16.9. The predicted molar refractivity (Wildman–Crippen MR) is 155 cm³/mol. The maximum absolute atomic E-state index is 9.71. The highest BCUT2D eigenvalue weighted by Crippen LogP contribution is 2.36. The Labute approximate surface area is 234 Å². The molecule has 0 aliphatic carbocycles. The Bertz CT molecular complexity index is 1350. The van der Waals surface area contributed by atoms with Crippen LogP contribution in [0.25, 0.3) is 10.9 Å². The largest absolute Gasteiger partial charge is 0.506 e. The summed E-state index contributed by atoms with van der Waals surface area (Å²) in [6.45, 7) is 9.60. The normalized spacial score (nSPS) is 17.1. The number of anilines is 2. The van der Waals surface area contributed by atoms with E-state index in [0.29, 0.717) is 34.3 Å². The lowest BCUT2D eigenvalue weighted by Gasteiger charge is -2.32. The number of oxime groups is 1. The minimum atomic E-state index is 0.00885. The average molecular weight is 554 g/mol. The number of rotatable bonds is 11. The van der Waals surface area contributed by atoms with E-state index in [0.717, 1.165) is 36.9 Å². The van der Waals surface area contributed by atoms with Gasteiger partial charge in [-0.05, 0) is 57.1 Å². The van der Waals surface area contributed by atoms with Crippen LogP contribution >= 0.6 is 11.6 Å². The Morgan fingerprint density at radius 1 is 1.26 bits per heavy atom. The number of ether oxygens (including phenoxy) is 2. The summed E-state index contributed by atoms with van der Waals surface area (Å²) < 4.78 is 11.9. The quantitative estimate of drug-likeness (QED) is 0.119. The van der Waals surface area contributed by atoms with Gasteiger partial charge in [-0.25, -0.2) is 9.97 Å². The Morgan fingerprint density at radius 3 is 2.79 bits per heavy atom. The number of aromatic hydroxyl groups is 1. The molecule has 2 unspecified atom stereocenters. The van der Waals surface area contributed by atoms with E-state index in [9.17, 15) is 5.11 Å². The molecule has 1 aliphatic rings. The molecule has 2 N–H and O–H groups in total. The molecule has 2 heterocycles. The van der Waals surface area contributed by atoms with E-state index in [4.69, 9.17) is 25.9 Å². The van der Waals surface area contributed by atoms with Crippen molar-refractivity contribution < 1.29 is 19.4 Å². The van der Waals surface area contributed by atoms with Crippen molar-refractivity contribution in [3.63, 3.8) is 0 Å². The molecule has 0 amide bonds. The number of fused-ring (bicyclic) bond motifs is 1. The third-order valence-electron chi connectivity index (χ3n) is 7.11. The molecular weight excluding hydrogens is 518 g/mol. The van der Waals surface area contributed by atoms with E-state index in [1.165, 1.54) is 18.8 Å². The van der Waals surface area contributed by atoms with Crippen molar-refractivity contribution in [2.45, 2.75) is 45.6 Å². The number of hydrogen-bond donors (Lipinski definition) is 2. The molecule has 1 aromatic heterocycles. The van der Waals surface area contributed by atoms with E-state index in [-0.39, 0.29) is 29.3 Å².